The van der Waals surface area contributed by atoms with Gasteiger partial charge in [-0.2, -0.15) is 4.31 Å². The van der Waals surface area contributed by atoms with Crippen molar-refractivity contribution in [2.45, 2.75) is 42.4 Å². The molecule has 2 aromatic carbocycles. The monoisotopic (exact) mass is 486 g/mol. The number of anilines is 1. The van der Waals surface area contributed by atoms with Gasteiger partial charge in [0.1, 0.15) is 0 Å². The van der Waals surface area contributed by atoms with Gasteiger partial charge in [0.25, 0.3) is 5.91 Å². The average molecular weight is 487 g/mol. The normalized spacial score (nSPS) is 14.8. The molecule has 0 spiro atoms. The summed E-state index contributed by atoms with van der Waals surface area (Å²) in [6.07, 6.45) is 3.25. The summed E-state index contributed by atoms with van der Waals surface area (Å²) >= 11 is 1.77. The van der Waals surface area contributed by atoms with E-state index in [0.717, 1.165) is 30.6 Å². The number of hydrogen-bond donors (Lipinski definition) is 1. The van der Waals surface area contributed by atoms with Gasteiger partial charge >= 0.3 is 6.01 Å². The van der Waals surface area contributed by atoms with Crippen LogP contribution in [0.5, 0.6) is 0 Å². The molecule has 0 atom stereocenters. The lowest BCUT2D eigenvalue weighted by Crippen LogP contribution is -2.35. The van der Waals surface area contributed by atoms with Crippen LogP contribution in [0, 0.1) is 0 Å². The van der Waals surface area contributed by atoms with Crippen LogP contribution in [0.25, 0.3) is 0 Å². The van der Waals surface area contributed by atoms with Crippen LogP contribution >= 0.6 is 11.8 Å². The number of nitrogens with one attached hydrogen (secondary N) is 1. The van der Waals surface area contributed by atoms with Crippen molar-refractivity contribution >= 4 is 33.7 Å². The lowest BCUT2D eigenvalue weighted by Gasteiger charge is -2.25. The highest BCUT2D eigenvalue weighted by Crippen LogP contribution is 2.22. The van der Waals surface area contributed by atoms with E-state index < -0.39 is 15.9 Å². The van der Waals surface area contributed by atoms with Crippen LogP contribution in [0.2, 0.25) is 0 Å². The molecule has 1 saturated heterocycles. The molecule has 10 heteroatoms. The van der Waals surface area contributed by atoms with Crippen molar-refractivity contribution in [2.24, 2.45) is 0 Å². The zero-order chi connectivity index (χ0) is 23.3. The van der Waals surface area contributed by atoms with Gasteiger partial charge in [-0.25, -0.2) is 8.42 Å². The van der Waals surface area contributed by atoms with Crippen LogP contribution in [0.15, 0.2) is 62.7 Å². The summed E-state index contributed by atoms with van der Waals surface area (Å²) < 4.78 is 32.6. The molecule has 1 aliphatic heterocycles. The average Bonchev–Trinajstić information content (AvgIpc) is 3.27. The van der Waals surface area contributed by atoms with E-state index in [1.807, 2.05) is 12.1 Å². The van der Waals surface area contributed by atoms with Crippen LogP contribution in [0.4, 0.5) is 6.01 Å². The van der Waals surface area contributed by atoms with E-state index in [-0.39, 0.29) is 10.9 Å². The van der Waals surface area contributed by atoms with Crippen molar-refractivity contribution in [1.82, 2.24) is 14.5 Å². The van der Waals surface area contributed by atoms with Crippen LogP contribution in [0.3, 0.4) is 0 Å². The molecule has 33 heavy (non-hydrogen) atoms. The van der Waals surface area contributed by atoms with Crippen LogP contribution in [-0.4, -0.2) is 47.7 Å². The second-order valence-corrected chi connectivity index (χ2v) is 11.0. The predicted molar refractivity (Wildman–Crippen MR) is 127 cm³/mol. The second kappa shape index (κ2) is 10.5. The van der Waals surface area contributed by atoms with Gasteiger partial charge in [-0.1, -0.05) is 30.6 Å². The zero-order valence-electron chi connectivity index (χ0n) is 18.4. The minimum absolute atomic E-state index is 0.00169. The Morgan fingerprint density at radius 3 is 2.39 bits per heavy atom. The molecule has 4 rings (SSSR count). The van der Waals surface area contributed by atoms with E-state index in [1.165, 1.54) is 33.5 Å². The van der Waals surface area contributed by atoms with Crippen LogP contribution < -0.4 is 5.32 Å². The van der Waals surface area contributed by atoms with Crippen molar-refractivity contribution in [3.63, 3.8) is 0 Å². The highest BCUT2D eigenvalue weighted by molar-refractivity contribution is 7.99. The van der Waals surface area contributed by atoms with E-state index in [1.54, 1.807) is 11.8 Å². The SMILES string of the molecule is CCSc1ccc(Cc2nnc(NC(=O)c3ccc(S(=O)(=O)N4CCCCC4)cc3)o2)cc1. The Morgan fingerprint density at radius 1 is 1.03 bits per heavy atom. The third kappa shape index (κ3) is 5.82. The Bertz CT molecular complexity index is 1190. The fourth-order valence-corrected chi connectivity index (χ4v) is 5.80. The van der Waals surface area contributed by atoms with Crippen LogP contribution in [-0.2, 0) is 16.4 Å². The Balaban J connectivity index is 1.37. The van der Waals surface area contributed by atoms with Crippen molar-refractivity contribution in [1.29, 1.82) is 0 Å². The van der Waals surface area contributed by atoms with Crippen molar-refractivity contribution in [3.8, 4) is 0 Å². The first-order valence-electron chi connectivity index (χ1n) is 10.9. The van der Waals surface area contributed by atoms with Crippen molar-refractivity contribution < 1.29 is 17.6 Å². The number of benzene rings is 2. The van der Waals surface area contributed by atoms with Gasteiger partial charge in [0.2, 0.25) is 15.9 Å². The topological polar surface area (TPSA) is 105 Å². The summed E-state index contributed by atoms with van der Waals surface area (Å²) in [6, 6.07) is 14.0. The van der Waals surface area contributed by atoms with Gasteiger partial charge < -0.3 is 4.42 Å². The number of sulfonamides is 1. The maximum absolute atomic E-state index is 12.8. The number of carbonyl (C=O) groups excluding carboxylic acids is 1. The maximum atomic E-state index is 12.8. The molecule has 0 aliphatic carbocycles. The molecule has 2 heterocycles. The summed E-state index contributed by atoms with van der Waals surface area (Å²) in [5.41, 5.74) is 1.33. The number of nitrogens with zero attached hydrogens (tertiary/aromatic N) is 3. The highest BCUT2D eigenvalue weighted by Gasteiger charge is 2.26. The fraction of sp³-hybridized carbons (Fsp3) is 0.348. The number of carbonyl (C=O) groups is 1. The van der Waals surface area contributed by atoms with E-state index in [0.29, 0.717) is 31.0 Å². The van der Waals surface area contributed by atoms with E-state index in [2.05, 4.69) is 34.6 Å². The Kier molecular flexibility index (Phi) is 7.46. The molecule has 1 amide bonds. The molecular formula is C23H26N4O4S2. The van der Waals surface area contributed by atoms with Gasteiger partial charge in [-0.3, -0.25) is 10.1 Å². The smallest absolute Gasteiger partial charge is 0.322 e. The molecule has 0 saturated carbocycles. The lowest BCUT2D eigenvalue weighted by molar-refractivity contribution is 0.102. The fourth-order valence-electron chi connectivity index (χ4n) is 3.62. The van der Waals surface area contributed by atoms with Crippen molar-refractivity contribution in [2.75, 3.05) is 24.2 Å². The number of hydrogen-bond acceptors (Lipinski definition) is 7. The van der Waals surface area contributed by atoms with Crippen LogP contribution in [0.1, 0.15) is 48.0 Å². The number of thioether (sulfide) groups is 1. The maximum Gasteiger partial charge on any atom is 0.322 e. The molecular weight excluding hydrogens is 460 g/mol. The Hall–Kier alpha value is -2.69. The summed E-state index contributed by atoms with van der Waals surface area (Å²) in [7, 11) is -3.54. The van der Waals surface area contributed by atoms with Gasteiger partial charge in [0, 0.05) is 23.5 Å². The number of aromatic nitrogens is 2. The first-order valence-corrected chi connectivity index (χ1v) is 13.3. The van der Waals surface area contributed by atoms with E-state index in [4.69, 9.17) is 4.42 Å². The molecule has 0 unspecified atom stereocenters. The minimum Gasteiger partial charge on any atom is -0.407 e. The molecule has 8 nitrogen and oxygen atoms in total. The molecule has 1 N–H and O–H groups in total. The largest absolute Gasteiger partial charge is 0.407 e. The predicted octanol–water partition coefficient (Wildman–Crippen LogP) is 4.20. The molecule has 0 radical (unpaired) electrons. The second-order valence-electron chi connectivity index (χ2n) is 7.70. The van der Waals surface area contributed by atoms with E-state index >= 15 is 0 Å². The zero-order valence-corrected chi connectivity index (χ0v) is 20.0. The molecule has 174 valence electrons. The molecule has 0 bridgehead atoms. The summed E-state index contributed by atoms with van der Waals surface area (Å²) in [5.74, 6) is 0.959. The number of piperidine rings is 1. The van der Waals surface area contributed by atoms with Gasteiger partial charge in [0.15, 0.2) is 0 Å². The molecule has 1 aromatic heterocycles. The highest BCUT2D eigenvalue weighted by atomic mass is 32.2. The summed E-state index contributed by atoms with van der Waals surface area (Å²) in [5, 5.41) is 10.5. The Morgan fingerprint density at radius 2 is 1.73 bits per heavy atom. The Labute approximate surface area is 197 Å². The number of rotatable bonds is 8. The number of amides is 1. The van der Waals surface area contributed by atoms with Gasteiger partial charge in [-0.05, 0) is 60.6 Å². The van der Waals surface area contributed by atoms with Gasteiger partial charge in [0.05, 0.1) is 11.3 Å². The minimum atomic E-state index is -3.54. The van der Waals surface area contributed by atoms with E-state index in [9.17, 15) is 13.2 Å². The summed E-state index contributed by atoms with van der Waals surface area (Å²) in [4.78, 5) is 13.9. The van der Waals surface area contributed by atoms with Gasteiger partial charge in [-0.15, -0.1) is 16.9 Å². The quantitative estimate of drug-likeness (QED) is 0.476. The summed E-state index contributed by atoms with van der Waals surface area (Å²) in [6.45, 7) is 3.18. The molecule has 3 aromatic rings. The first-order chi connectivity index (χ1) is 16.0. The standard InChI is InChI=1S/C23H26N4O4S2/c1-2-32-19-10-6-17(7-11-19)16-21-25-26-23(31-21)24-22(28)18-8-12-20(13-9-18)33(29,30)27-14-4-3-5-15-27/h6-13H,2-5,14-16H2,1H3,(H,24,26,28). The molecule has 1 aliphatic rings. The third-order valence-electron chi connectivity index (χ3n) is 5.35. The molecule has 1 fully saturated rings. The third-order valence-corrected chi connectivity index (χ3v) is 8.15. The van der Waals surface area contributed by atoms with Crippen molar-refractivity contribution in [3.05, 3.63) is 65.5 Å². The lowest BCUT2D eigenvalue weighted by atomic mass is 10.1. The first kappa shape index (κ1) is 23.5.